The molecule has 0 rings (SSSR count). The minimum atomic E-state index is 0.597. The summed E-state index contributed by atoms with van der Waals surface area (Å²) in [5, 5.41) is 6.72. The molecule has 0 bridgehead atoms. The Bertz CT molecular complexity index is 285. The Labute approximate surface area is 144 Å². The molecule has 2 N–H and O–H groups in total. The van der Waals surface area contributed by atoms with Crippen LogP contribution in [0.1, 0.15) is 60.3 Å². The molecule has 0 saturated carbocycles. The molecule has 0 aliphatic carbocycles. The third-order valence-electron chi connectivity index (χ3n) is 3.84. The van der Waals surface area contributed by atoms with Crippen LogP contribution in [0.5, 0.6) is 0 Å². The third kappa shape index (κ3) is 12.3. The summed E-state index contributed by atoms with van der Waals surface area (Å²) in [6.07, 6.45) is 4.48. The summed E-state index contributed by atoms with van der Waals surface area (Å²) < 4.78 is 5.55. The predicted molar refractivity (Wildman–Crippen MR) is 101 cm³/mol. The molecule has 5 nitrogen and oxygen atoms in total. The van der Waals surface area contributed by atoms with E-state index in [-0.39, 0.29) is 0 Å². The number of ether oxygens (including phenoxy) is 1. The zero-order valence-corrected chi connectivity index (χ0v) is 16.3. The molecule has 0 aromatic rings. The summed E-state index contributed by atoms with van der Waals surface area (Å²) in [5.41, 5.74) is 0. The van der Waals surface area contributed by atoms with Crippen LogP contribution in [-0.4, -0.2) is 62.8 Å². The van der Waals surface area contributed by atoms with Crippen molar-refractivity contribution in [1.82, 2.24) is 15.5 Å². The summed E-state index contributed by atoms with van der Waals surface area (Å²) in [7, 11) is 1.82. The molecule has 0 heterocycles. The third-order valence-corrected chi connectivity index (χ3v) is 3.84. The van der Waals surface area contributed by atoms with Crippen LogP contribution in [-0.2, 0) is 4.74 Å². The Morgan fingerprint density at radius 2 is 1.52 bits per heavy atom. The van der Waals surface area contributed by atoms with Crippen LogP contribution in [0.15, 0.2) is 4.99 Å². The SMILES string of the molecule is CCCCOCCCNC(=NC)NCCCN(C(C)C)C(C)C. The fourth-order valence-corrected chi connectivity index (χ4v) is 2.53. The second-order valence-electron chi connectivity index (χ2n) is 6.52. The first-order valence-electron chi connectivity index (χ1n) is 9.30. The van der Waals surface area contributed by atoms with Gasteiger partial charge in [-0.25, -0.2) is 0 Å². The highest BCUT2D eigenvalue weighted by Gasteiger charge is 2.12. The molecule has 0 aliphatic rings. The number of aliphatic imine (C=N–C) groups is 1. The largest absolute Gasteiger partial charge is 0.381 e. The van der Waals surface area contributed by atoms with Gasteiger partial charge >= 0.3 is 0 Å². The van der Waals surface area contributed by atoms with Crippen LogP contribution in [0.3, 0.4) is 0 Å². The Balaban J connectivity index is 3.70. The Morgan fingerprint density at radius 3 is 2.04 bits per heavy atom. The topological polar surface area (TPSA) is 48.9 Å². The van der Waals surface area contributed by atoms with Gasteiger partial charge in [0.05, 0.1) is 0 Å². The van der Waals surface area contributed by atoms with Crippen LogP contribution >= 0.6 is 0 Å². The standard InChI is InChI=1S/C18H40N4O/c1-7-8-14-23-15-10-12-21-18(19-6)20-11-9-13-22(16(2)3)17(4)5/h16-17H,7-15H2,1-6H3,(H2,19,20,21). The molecular formula is C18H40N4O. The van der Waals surface area contributed by atoms with E-state index in [0.717, 1.165) is 58.1 Å². The van der Waals surface area contributed by atoms with Gasteiger partial charge in [0.15, 0.2) is 5.96 Å². The smallest absolute Gasteiger partial charge is 0.190 e. The average molecular weight is 329 g/mol. The van der Waals surface area contributed by atoms with E-state index in [0.29, 0.717) is 12.1 Å². The van der Waals surface area contributed by atoms with Gasteiger partial charge in [0.1, 0.15) is 0 Å². The lowest BCUT2D eigenvalue weighted by molar-refractivity contribution is 0.129. The maximum absolute atomic E-state index is 5.55. The van der Waals surface area contributed by atoms with Gasteiger partial charge in [0.25, 0.3) is 0 Å². The maximum Gasteiger partial charge on any atom is 0.190 e. The van der Waals surface area contributed by atoms with Crippen LogP contribution in [0.4, 0.5) is 0 Å². The van der Waals surface area contributed by atoms with E-state index in [1.807, 2.05) is 7.05 Å². The van der Waals surface area contributed by atoms with Crippen molar-refractivity contribution in [1.29, 1.82) is 0 Å². The minimum absolute atomic E-state index is 0.597. The lowest BCUT2D eigenvalue weighted by Crippen LogP contribution is -2.41. The van der Waals surface area contributed by atoms with Crippen molar-refractivity contribution in [3.63, 3.8) is 0 Å². The van der Waals surface area contributed by atoms with Gasteiger partial charge in [-0.05, 0) is 47.0 Å². The first-order chi connectivity index (χ1) is 11.0. The number of nitrogens with zero attached hydrogens (tertiary/aromatic N) is 2. The van der Waals surface area contributed by atoms with Crippen molar-refractivity contribution >= 4 is 5.96 Å². The predicted octanol–water partition coefficient (Wildman–Crippen LogP) is 2.87. The Morgan fingerprint density at radius 1 is 0.957 bits per heavy atom. The Kier molecular flexibility index (Phi) is 14.2. The molecule has 138 valence electrons. The number of rotatable bonds is 13. The van der Waals surface area contributed by atoms with Crippen molar-refractivity contribution in [2.45, 2.75) is 72.4 Å². The van der Waals surface area contributed by atoms with Gasteiger partial charge in [-0.3, -0.25) is 9.89 Å². The summed E-state index contributed by atoms with van der Waals surface area (Å²) >= 11 is 0. The van der Waals surface area contributed by atoms with Gasteiger partial charge in [-0.1, -0.05) is 13.3 Å². The van der Waals surface area contributed by atoms with E-state index in [4.69, 9.17) is 4.74 Å². The highest BCUT2D eigenvalue weighted by molar-refractivity contribution is 5.79. The van der Waals surface area contributed by atoms with E-state index >= 15 is 0 Å². The van der Waals surface area contributed by atoms with E-state index in [2.05, 4.69) is 55.1 Å². The lowest BCUT2D eigenvalue weighted by Gasteiger charge is -2.30. The number of unbranched alkanes of at least 4 members (excludes halogenated alkanes) is 1. The first kappa shape index (κ1) is 22.2. The molecule has 0 radical (unpaired) electrons. The van der Waals surface area contributed by atoms with E-state index in [9.17, 15) is 0 Å². The molecule has 0 unspecified atom stereocenters. The lowest BCUT2D eigenvalue weighted by atomic mass is 10.2. The molecule has 0 spiro atoms. The molecule has 23 heavy (non-hydrogen) atoms. The number of nitrogens with one attached hydrogen (secondary N) is 2. The molecule has 0 saturated heterocycles. The van der Waals surface area contributed by atoms with Gasteiger partial charge in [-0.2, -0.15) is 0 Å². The van der Waals surface area contributed by atoms with Crippen LogP contribution in [0.2, 0.25) is 0 Å². The van der Waals surface area contributed by atoms with Crippen LogP contribution in [0.25, 0.3) is 0 Å². The zero-order chi connectivity index (χ0) is 17.5. The monoisotopic (exact) mass is 328 g/mol. The maximum atomic E-state index is 5.55. The number of hydrogen-bond donors (Lipinski definition) is 2. The fraction of sp³-hybridized carbons (Fsp3) is 0.944. The van der Waals surface area contributed by atoms with Crippen molar-refractivity contribution in [3.05, 3.63) is 0 Å². The van der Waals surface area contributed by atoms with Crippen molar-refractivity contribution < 1.29 is 4.74 Å². The highest BCUT2D eigenvalue weighted by atomic mass is 16.5. The molecule has 0 aliphatic heterocycles. The second kappa shape index (κ2) is 14.8. The van der Waals surface area contributed by atoms with Gasteiger partial charge in [0, 0.05) is 52.0 Å². The van der Waals surface area contributed by atoms with E-state index in [1.165, 1.54) is 6.42 Å². The van der Waals surface area contributed by atoms with Crippen LogP contribution < -0.4 is 10.6 Å². The van der Waals surface area contributed by atoms with Crippen molar-refractivity contribution in [2.75, 3.05) is 39.9 Å². The molecule has 0 aromatic carbocycles. The van der Waals surface area contributed by atoms with E-state index < -0.39 is 0 Å². The molecule has 0 amide bonds. The van der Waals surface area contributed by atoms with Crippen molar-refractivity contribution in [3.8, 4) is 0 Å². The minimum Gasteiger partial charge on any atom is -0.381 e. The van der Waals surface area contributed by atoms with Crippen molar-refractivity contribution in [2.24, 2.45) is 4.99 Å². The average Bonchev–Trinajstić information content (AvgIpc) is 2.50. The first-order valence-corrected chi connectivity index (χ1v) is 9.30. The molecule has 0 aromatic heterocycles. The summed E-state index contributed by atoms with van der Waals surface area (Å²) in [6, 6.07) is 1.19. The fourth-order valence-electron chi connectivity index (χ4n) is 2.53. The molecule has 0 atom stereocenters. The zero-order valence-electron chi connectivity index (χ0n) is 16.3. The number of guanidine groups is 1. The number of hydrogen-bond acceptors (Lipinski definition) is 3. The molecular weight excluding hydrogens is 288 g/mol. The Hall–Kier alpha value is -0.810. The normalized spacial score (nSPS) is 12.5. The van der Waals surface area contributed by atoms with Gasteiger partial charge < -0.3 is 15.4 Å². The van der Waals surface area contributed by atoms with E-state index in [1.54, 1.807) is 0 Å². The van der Waals surface area contributed by atoms with Gasteiger partial charge in [0.2, 0.25) is 0 Å². The molecule has 0 fully saturated rings. The van der Waals surface area contributed by atoms with Crippen LogP contribution in [0, 0.1) is 0 Å². The summed E-state index contributed by atoms with van der Waals surface area (Å²) in [5.74, 6) is 0.888. The molecule has 5 heteroatoms. The summed E-state index contributed by atoms with van der Waals surface area (Å²) in [4.78, 5) is 6.78. The highest BCUT2D eigenvalue weighted by Crippen LogP contribution is 2.05. The van der Waals surface area contributed by atoms with Gasteiger partial charge in [-0.15, -0.1) is 0 Å². The quantitative estimate of drug-likeness (QED) is 0.310. The second-order valence-corrected chi connectivity index (χ2v) is 6.52. The summed E-state index contributed by atoms with van der Waals surface area (Å²) in [6.45, 7) is 15.9.